The average Bonchev–Trinajstić information content (AvgIpc) is 3.14. The summed E-state index contributed by atoms with van der Waals surface area (Å²) in [5.41, 5.74) is 0.958. The van der Waals surface area contributed by atoms with Crippen molar-refractivity contribution in [1.29, 1.82) is 0 Å². The van der Waals surface area contributed by atoms with Crippen molar-refractivity contribution in [3.05, 3.63) is 35.9 Å². The lowest BCUT2D eigenvalue weighted by Crippen LogP contribution is -2.56. The number of amides is 2. The molecule has 0 spiro atoms. The van der Waals surface area contributed by atoms with Crippen molar-refractivity contribution in [2.24, 2.45) is 5.92 Å². The van der Waals surface area contributed by atoms with Gasteiger partial charge in [-0.15, -0.1) is 0 Å². The number of benzene rings is 1. The number of nitrogens with zero attached hydrogens (tertiary/aromatic N) is 2. The van der Waals surface area contributed by atoms with Crippen LogP contribution < -0.4 is 5.32 Å². The van der Waals surface area contributed by atoms with Gasteiger partial charge in [0, 0.05) is 25.2 Å². The molecule has 1 aromatic carbocycles. The van der Waals surface area contributed by atoms with Gasteiger partial charge < -0.3 is 20.2 Å². The van der Waals surface area contributed by atoms with Gasteiger partial charge in [0.25, 0.3) is 0 Å². The molecule has 1 atom stereocenters. The molecule has 150 valence electrons. The molecule has 5 nitrogen and oxygen atoms in total. The van der Waals surface area contributed by atoms with Crippen LogP contribution in [0.25, 0.3) is 0 Å². The molecule has 1 unspecified atom stereocenters. The van der Waals surface area contributed by atoms with E-state index in [1.807, 2.05) is 23.1 Å². The van der Waals surface area contributed by atoms with Gasteiger partial charge in [0.2, 0.25) is 0 Å². The molecule has 2 aliphatic heterocycles. The molecule has 0 aromatic heterocycles. The van der Waals surface area contributed by atoms with Crippen LogP contribution in [0.4, 0.5) is 4.79 Å². The molecule has 2 heterocycles. The zero-order valence-corrected chi connectivity index (χ0v) is 16.9. The van der Waals surface area contributed by atoms with Crippen molar-refractivity contribution < 1.29 is 9.90 Å². The van der Waals surface area contributed by atoms with E-state index in [9.17, 15) is 9.90 Å². The van der Waals surface area contributed by atoms with E-state index in [-0.39, 0.29) is 23.6 Å². The first-order chi connectivity index (χ1) is 12.9. The average molecular weight is 374 g/mol. The number of carbonyl (C=O) groups is 1. The summed E-state index contributed by atoms with van der Waals surface area (Å²) in [7, 11) is 0. The van der Waals surface area contributed by atoms with Crippen molar-refractivity contribution >= 4 is 6.03 Å². The third-order valence-electron chi connectivity index (χ3n) is 5.92. The SMILES string of the molecule is CC(C)(CN1CCCC1)NC(=O)N1CCC(C(O)Cc2ccccc2)CC1. The maximum Gasteiger partial charge on any atom is 0.317 e. The van der Waals surface area contributed by atoms with Gasteiger partial charge in [-0.05, 0) is 70.5 Å². The van der Waals surface area contributed by atoms with Crippen LogP contribution in [0.15, 0.2) is 30.3 Å². The predicted molar refractivity (Wildman–Crippen MR) is 109 cm³/mol. The Morgan fingerprint density at radius 2 is 1.78 bits per heavy atom. The van der Waals surface area contributed by atoms with E-state index in [0.717, 1.165) is 45.6 Å². The molecule has 3 rings (SSSR count). The van der Waals surface area contributed by atoms with Crippen LogP contribution in [0.3, 0.4) is 0 Å². The Kier molecular flexibility index (Phi) is 6.77. The second-order valence-electron chi connectivity index (χ2n) is 8.88. The van der Waals surface area contributed by atoms with Gasteiger partial charge in [-0.25, -0.2) is 4.79 Å². The number of nitrogens with one attached hydrogen (secondary N) is 1. The van der Waals surface area contributed by atoms with Crippen LogP contribution in [0.1, 0.15) is 45.1 Å². The number of hydrogen-bond donors (Lipinski definition) is 2. The predicted octanol–water partition coefficient (Wildman–Crippen LogP) is 2.89. The Morgan fingerprint density at radius 3 is 2.41 bits per heavy atom. The summed E-state index contributed by atoms with van der Waals surface area (Å²) >= 11 is 0. The number of rotatable bonds is 6. The van der Waals surface area contributed by atoms with Crippen LogP contribution >= 0.6 is 0 Å². The maximum absolute atomic E-state index is 12.7. The van der Waals surface area contributed by atoms with Gasteiger partial charge >= 0.3 is 6.03 Å². The number of aliphatic hydroxyl groups excluding tert-OH is 1. The van der Waals surface area contributed by atoms with Crippen LogP contribution in [0.2, 0.25) is 0 Å². The number of likely N-dealkylation sites (tertiary alicyclic amines) is 2. The molecule has 2 N–H and O–H groups in total. The van der Waals surface area contributed by atoms with Crippen LogP contribution in [-0.2, 0) is 6.42 Å². The fourth-order valence-electron chi connectivity index (χ4n) is 4.42. The lowest BCUT2D eigenvalue weighted by atomic mass is 9.88. The highest BCUT2D eigenvalue weighted by molar-refractivity contribution is 5.75. The molecule has 0 radical (unpaired) electrons. The van der Waals surface area contributed by atoms with Gasteiger partial charge in [-0.1, -0.05) is 30.3 Å². The summed E-state index contributed by atoms with van der Waals surface area (Å²) in [6.07, 6.45) is 4.64. The van der Waals surface area contributed by atoms with E-state index in [1.54, 1.807) is 0 Å². The van der Waals surface area contributed by atoms with E-state index in [2.05, 4.69) is 36.2 Å². The Balaban J connectivity index is 1.43. The highest BCUT2D eigenvalue weighted by Gasteiger charge is 2.31. The molecule has 2 amide bonds. The first kappa shape index (κ1) is 20.2. The highest BCUT2D eigenvalue weighted by Crippen LogP contribution is 2.23. The molecular formula is C22H35N3O2. The second kappa shape index (κ2) is 9.07. The Hall–Kier alpha value is -1.59. The maximum atomic E-state index is 12.7. The normalized spacial score (nSPS) is 20.6. The minimum absolute atomic E-state index is 0.0372. The lowest BCUT2D eigenvalue weighted by molar-refractivity contribution is 0.0656. The minimum Gasteiger partial charge on any atom is -0.392 e. The third-order valence-corrected chi connectivity index (χ3v) is 5.92. The molecule has 2 saturated heterocycles. The van der Waals surface area contributed by atoms with Crippen LogP contribution in [-0.4, -0.2) is 65.3 Å². The van der Waals surface area contributed by atoms with Crippen molar-refractivity contribution in [2.45, 2.75) is 57.6 Å². The van der Waals surface area contributed by atoms with E-state index in [4.69, 9.17) is 0 Å². The number of urea groups is 1. The van der Waals surface area contributed by atoms with Crippen LogP contribution in [0.5, 0.6) is 0 Å². The summed E-state index contributed by atoms with van der Waals surface area (Å²) in [5, 5.41) is 13.8. The lowest BCUT2D eigenvalue weighted by Gasteiger charge is -2.37. The first-order valence-corrected chi connectivity index (χ1v) is 10.4. The summed E-state index contributed by atoms with van der Waals surface area (Å²) in [6, 6.07) is 10.2. The van der Waals surface area contributed by atoms with Crippen molar-refractivity contribution in [1.82, 2.24) is 15.1 Å². The summed E-state index contributed by atoms with van der Waals surface area (Å²) < 4.78 is 0. The number of piperidine rings is 1. The van der Waals surface area contributed by atoms with E-state index in [0.29, 0.717) is 6.42 Å². The molecular weight excluding hydrogens is 338 g/mol. The largest absolute Gasteiger partial charge is 0.392 e. The number of carbonyl (C=O) groups excluding carboxylic acids is 1. The quantitative estimate of drug-likeness (QED) is 0.806. The molecule has 0 aliphatic carbocycles. The Morgan fingerprint density at radius 1 is 1.15 bits per heavy atom. The van der Waals surface area contributed by atoms with Crippen molar-refractivity contribution in [3.63, 3.8) is 0 Å². The highest BCUT2D eigenvalue weighted by atomic mass is 16.3. The second-order valence-corrected chi connectivity index (χ2v) is 8.88. The summed E-state index contributed by atoms with van der Waals surface area (Å²) in [4.78, 5) is 17.0. The molecule has 0 saturated carbocycles. The molecule has 0 bridgehead atoms. The van der Waals surface area contributed by atoms with Crippen molar-refractivity contribution in [2.75, 3.05) is 32.7 Å². The van der Waals surface area contributed by atoms with Gasteiger partial charge in [-0.3, -0.25) is 0 Å². The van der Waals surface area contributed by atoms with E-state index in [1.165, 1.54) is 18.4 Å². The fraction of sp³-hybridized carbons (Fsp3) is 0.682. The monoisotopic (exact) mass is 373 g/mol. The van der Waals surface area contributed by atoms with Gasteiger partial charge in [0.05, 0.1) is 6.10 Å². The molecule has 5 heteroatoms. The minimum atomic E-state index is -0.329. The van der Waals surface area contributed by atoms with Gasteiger partial charge in [0.1, 0.15) is 0 Å². The van der Waals surface area contributed by atoms with Crippen LogP contribution in [0, 0.1) is 5.92 Å². The number of aliphatic hydroxyl groups is 1. The smallest absolute Gasteiger partial charge is 0.317 e. The topological polar surface area (TPSA) is 55.8 Å². The van der Waals surface area contributed by atoms with E-state index < -0.39 is 0 Å². The summed E-state index contributed by atoms with van der Waals surface area (Å²) in [6.45, 7) is 8.86. The third kappa shape index (κ3) is 5.94. The van der Waals surface area contributed by atoms with Gasteiger partial charge in [0.15, 0.2) is 0 Å². The zero-order chi connectivity index (χ0) is 19.3. The van der Waals surface area contributed by atoms with Crippen molar-refractivity contribution in [3.8, 4) is 0 Å². The Bertz CT molecular complexity index is 591. The molecule has 1 aromatic rings. The van der Waals surface area contributed by atoms with Gasteiger partial charge in [-0.2, -0.15) is 0 Å². The number of hydrogen-bond acceptors (Lipinski definition) is 3. The molecule has 2 fully saturated rings. The van der Waals surface area contributed by atoms with E-state index >= 15 is 0 Å². The standard InChI is InChI=1S/C22H35N3O2/c1-22(2,17-24-12-6-7-13-24)23-21(27)25-14-10-19(11-15-25)20(26)16-18-8-4-3-5-9-18/h3-5,8-9,19-20,26H,6-7,10-17H2,1-2H3,(H,23,27). The molecule has 27 heavy (non-hydrogen) atoms. The zero-order valence-electron chi connectivity index (χ0n) is 16.9. The fourth-order valence-corrected chi connectivity index (χ4v) is 4.42. The summed E-state index contributed by atoms with van der Waals surface area (Å²) in [5.74, 6) is 0.270. The first-order valence-electron chi connectivity index (χ1n) is 10.4. The molecule has 2 aliphatic rings. The Labute approximate surface area is 163 Å².